The number of Topliss-reactive ketones (excluding diaryl/α,β-unsaturated/α-hetero) is 1. The van der Waals surface area contributed by atoms with Crippen LogP contribution in [0.25, 0.3) is 5.76 Å². The Morgan fingerprint density at radius 2 is 1.57 bits per heavy atom. The molecule has 1 unspecified atom stereocenters. The van der Waals surface area contributed by atoms with Gasteiger partial charge < -0.3 is 14.9 Å². The molecule has 0 aliphatic carbocycles. The molecule has 208 valence electrons. The first-order valence-corrected chi connectivity index (χ1v) is 13.3. The molecule has 0 bridgehead atoms. The van der Waals surface area contributed by atoms with Gasteiger partial charge in [-0.2, -0.15) is 0 Å². The van der Waals surface area contributed by atoms with Gasteiger partial charge in [-0.3, -0.25) is 19.3 Å². The molecule has 3 aromatic carbocycles. The molecule has 1 atom stereocenters. The van der Waals surface area contributed by atoms with Crippen LogP contribution in [0.1, 0.15) is 68.5 Å². The van der Waals surface area contributed by atoms with Gasteiger partial charge in [0.15, 0.2) is 0 Å². The number of carboxylic acids is 1. The summed E-state index contributed by atoms with van der Waals surface area (Å²) in [5.41, 5.74) is 3.82. The molecule has 0 saturated carbocycles. The molecule has 7 heteroatoms. The number of aliphatic hydroxyl groups is 1. The number of ketones is 1. The van der Waals surface area contributed by atoms with Crippen LogP contribution in [0.5, 0.6) is 5.75 Å². The Kier molecular flexibility index (Phi) is 7.87. The number of ether oxygens (including phenoxy) is 1. The third-order valence-corrected chi connectivity index (χ3v) is 6.92. The van der Waals surface area contributed by atoms with Gasteiger partial charge in [0.2, 0.25) is 0 Å². The van der Waals surface area contributed by atoms with Gasteiger partial charge in [0.1, 0.15) is 11.5 Å². The third-order valence-electron chi connectivity index (χ3n) is 6.92. The van der Waals surface area contributed by atoms with Crippen LogP contribution in [0.4, 0.5) is 5.69 Å². The zero-order valence-corrected chi connectivity index (χ0v) is 23.7. The Morgan fingerprint density at radius 3 is 2.10 bits per heavy atom. The predicted octanol–water partition coefficient (Wildman–Crippen LogP) is 6.33. The van der Waals surface area contributed by atoms with Crippen molar-refractivity contribution in [3.05, 3.63) is 100 Å². The van der Waals surface area contributed by atoms with Crippen LogP contribution in [0.3, 0.4) is 0 Å². The van der Waals surface area contributed by atoms with Crippen molar-refractivity contribution in [1.29, 1.82) is 0 Å². The maximum atomic E-state index is 13.5. The van der Waals surface area contributed by atoms with Crippen LogP contribution in [-0.2, 0) is 26.2 Å². The summed E-state index contributed by atoms with van der Waals surface area (Å²) in [6, 6.07) is 18.5. The van der Waals surface area contributed by atoms with Crippen molar-refractivity contribution >= 4 is 29.1 Å². The molecular formula is C33H35NO6. The standard InChI is InChI=1S/C33H35NO6/c1-19(2)40-26-16-11-23(17-20(26)3)30(37)28-29(22-9-12-24(13-10-22)33(4,5)6)34(32(39)31(28)38)25-14-7-21(8-15-25)18-27(35)36/h7-17,19,29,37H,18H2,1-6H3,(H,35,36)/b30-28-. The maximum Gasteiger partial charge on any atom is 0.307 e. The summed E-state index contributed by atoms with van der Waals surface area (Å²) in [5.74, 6) is -2.13. The summed E-state index contributed by atoms with van der Waals surface area (Å²) < 4.78 is 5.82. The molecule has 1 amide bonds. The first-order chi connectivity index (χ1) is 18.8. The Hall–Kier alpha value is -4.39. The number of aryl methyl sites for hydroxylation is 1. The van der Waals surface area contributed by atoms with Gasteiger partial charge in [-0.05, 0) is 78.8 Å². The average molecular weight is 542 g/mol. The van der Waals surface area contributed by atoms with E-state index in [9.17, 15) is 19.5 Å². The van der Waals surface area contributed by atoms with Crippen molar-refractivity contribution in [2.75, 3.05) is 4.90 Å². The molecule has 2 N–H and O–H groups in total. The van der Waals surface area contributed by atoms with Crippen LogP contribution < -0.4 is 9.64 Å². The second-order valence-electron chi connectivity index (χ2n) is 11.4. The van der Waals surface area contributed by atoms with Crippen LogP contribution in [0, 0.1) is 6.92 Å². The van der Waals surface area contributed by atoms with Gasteiger partial charge in [0.25, 0.3) is 11.7 Å². The van der Waals surface area contributed by atoms with Crippen LogP contribution in [0.15, 0.2) is 72.3 Å². The fourth-order valence-corrected chi connectivity index (χ4v) is 4.87. The number of carboxylic acid groups (broad SMARTS) is 1. The fourth-order valence-electron chi connectivity index (χ4n) is 4.87. The van der Waals surface area contributed by atoms with Crippen molar-refractivity contribution in [2.45, 2.75) is 65.5 Å². The minimum Gasteiger partial charge on any atom is -0.507 e. The highest BCUT2D eigenvalue weighted by molar-refractivity contribution is 6.51. The molecule has 1 aliphatic heterocycles. The molecule has 0 radical (unpaired) electrons. The SMILES string of the molecule is Cc1cc(/C(O)=C2/C(=O)C(=O)N(c3ccc(CC(=O)O)cc3)C2c2ccc(C(C)(C)C)cc2)ccc1OC(C)C. The van der Waals surface area contributed by atoms with Crippen molar-refractivity contribution < 1.29 is 29.3 Å². The predicted molar refractivity (Wildman–Crippen MR) is 155 cm³/mol. The molecule has 7 nitrogen and oxygen atoms in total. The zero-order chi connectivity index (χ0) is 29.4. The Labute approximate surface area is 234 Å². The van der Waals surface area contributed by atoms with Gasteiger partial charge in [-0.15, -0.1) is 0 Å². The lowest BCUT2D eigenvalue weighted by atomic mass is 9.85. The van der Waals surface area contributed by atoms with Crippen molar-refractivity contribution in [1.82, 2.24) is 0 Å². The second kappa shape index (κ2) is 11.0. The minimum atomic E-state index is -0.966. The smallest absolute Gasteiger partial charge is 0.307 e. The highest BCUT2D eigenvalue weighted by Gasteiger charge is 2.47. The molecule has 40 heavy (non-hydrogen) atoms. The van der Waals surface area contributed by atoms with Gasteiger partial charge in [0.05, 0.1) is 24.1 Å². The molecule has 0 aromatic heterocycles. The number of rotatable bonds is 7. The monoisotopic (exact) mass is 541 g/mol. The van der Waals surface area contributed by atoms with E-state index >= 15 is 0 Å². The first-order valence-electron chi connectivity index (χ1n) is 13.3. The normalized spacial score (nSPS) is 17.0. The lowest BCUT2D eigenvalue weighted by Gasteiger charge is -2.27. The van der Waals surface area contributed by atoms with Crippen LogP contribution in [-0.4, -0.2) is 34.0 Å². The van der Waals surface area contributed by atoms with Gasteiger partial charge in [-0.25, -0.2) is 0 Å². The quantitative estimate of drug-likeness (QED) is 0.206. The van der Waals surface area contributed by atoms with E-state index < -0.39 is 23.7 Å². The summed E-state index contributed by atoms with van der Waals surface area (Å²) in [6.45, 7) is 12.0. The summed E-state index contributed by atoms with van der Waals surface area (Å²) in [6.07, 6.45) is -0.187. The lowest BCUT2D eigenvalue weighted by Crippen LogP contribution is -2.29. The highest BCUT2D eigenvalue weighted by Crippen LogP contribution is 2.43. The van der Waals surface area contributed by atoms with Crippen LogP contribution in [0.2, 0.25) is 0 Å². The summed E-state index contributed by atoms with van der Waals surface area (Å²) in [4.78, 5) is 39.5. The Balaban J connectivity index is 1.86. The number of hydrogen-bond donors (Lipinski definition) is 2. The van der Waals surface area contributed by atoms with E-state index in [0.29, 0.717) is 28.1 Å². The molecule has 1 heterocycles. The summed E-state index contributed by atoms with van der Waals surface area (Å²) in [7, 11) is 0. The van der Waals surface area contributed by atoms with E-state index in [0.717, 1.165) is 11.1 Å². The molecule has 1 saturated heterocycles. The van der Waals surface area contributed by atoms with Gasteiger partial charge >= 0.3 is 5.97 Å². The first kappa shape index (κ1) is 28.6. The third kappa shape index (κ3) is 5.78. The van der Waals surface area contributed by atoms with E-state index in [1.54, 1.807) is 42.5 Å². The number of amides is 1. The topological polar surface area (TPSA) is 104 Å². The van der Waals surface area contributed by atoms with E-state index in [4.69, 9.17) is 9.84 Å². The van der Waals surface area contributed by atoms with Crippen molar-refractivity contribution in [3.8, 4) is 5.75 Å². The largest absolute Gasteiger partial charge is 0.507 e. The highest BCUT2D eigenvalue weighted by atomic mass is 16.5. The molecule has 0 spiro atoms. The number of carbonyl (C=O) groups is 3. The molecule has 1 fully saturated rings. The number of anilines is 1. The van der Waals surface area contributed by atoms with Gasteiger partial charge in [-0.1, -0.05) is 57.2 Å². The Bertz CT molecular complexity index is 1480. The van der Waals surface area contributed by atoms with Crippen molar-refractivity contribution in [2.24, 2.45) is 0 Å². The fraction of sp³-hybridized carbons (Fsp3) is 0.303. The molecular weight excluding hydrogens is 506 g/mol. The zero-order valence-electron chi connectivity index (χ0n) is 23.7. The van der Waals surface area contributed by atoms with Gasteiger partial charge in [0, 0.05) is 11.3 Å². The van der Waals surface area contributed by atoms with E-state index in [-0.39, 0.29) is 29.3 Å². The van der Waals surface area contributed by atoms with E-state index in [1.807, 2.05) is 45.0 Å². The number of aliphatic carboxylic acids is 1. The number of aliphatic hydroxyl groups excluding tert-OH is 1. The second-order valence-corrected chi connectivity index (χ2v) is 11.4. The van der Waals surface area contributed by atoms with E-state index in [2.05, 4.69) is 20.8 Å². The molecule has 3 aromatic rings. The summed E-state index contributed by atoms with van der Waals surface area (Å²) in [5, 5.41) is 20.6. The maximum absolute atomic E-state index is 13.5. The number of hydrogen-bond acceptors (Lipinski definition) is 5. The number of nitrogens with zero attached hydrogens (tertiary/aromatic N) is 1. The number of carbonyl (C=O) groups excluding carboxylic acids is 2. The lowest BCUT2D eigenvalue weighted by molar-refractivity contribution is -0.136. The molecule has 4 rings (SSSR count). The number of benzene rings is 3. The molecule has 1 aliphatic rings. The minimum absolute atomic E-state index is 0.0138. The van der Waals surface area contributed by atoms with Crippen molar-refractivity contribution in [3.63, 3.8) is 0 Å². The Morgan fingerprint density at radius 1 is 0.950 bits per heavy atom. The van der Waals surface area contributed by atoms with E-state index in [1.165, 1.54) is 4.90 Å². The van der Waals surface area contributed by atoms with Crippen LogP contribution >= 0.6 is 0 Å². The summed E-state index contributed by atoms with van der Waals surface area (Å²) >= 11 is 0. The average Bonchev–Trinajstić information content (AvgIpc) is 3.14.